The largest absolute Gasteiger partial charge is 0.494 e. The van der Waals surface area contributed by atoms with Crippen molar-refractivity contribution in [1.29, 1.82) is 0 Å². The Labute approximate surface area is 201 Å². The molecule has 0 radical (unpaired) electrons. The fourth-order valence-corrected chi connectivity index (χ4v) is 4.10. The Bertz CT molecular complexity index is 897. The highest BCUT2D eigenvalue weighted by Crippen LogP contribution is 2.20. The van der Waals surface area contributed by atoms with Gasteiger partial charge in [-0.2, -0.15) is 0 Å². The molecular formula is C31H41NO. The van der Waals surface area contributed by atoms with Crippen molar-refractivity contribution >= 4 is 0 Å². The normalized spacial score (nSPS) is 11.0. The van der Waals surface area contributed by atoms with Crippen molar-refractivity contribution in [3.05, 3.63) is 83.6 Å². The first kappa shape index (κ1) is 25.0. The van der Waals surface area contributed by atoms with Crippen LogP contribution in [0.2, 0.25) is 0 Å². The minimum Gasteiger partial charge on any atom is -0.494 e. The average Bonchev–Trinajstić information content (AvgIpc) is 2.87. The highest BCUT2D eigenvalue weighted by Gasteiger charge is 2.03. The van der Waals surface area contributed by atoms with Crippen LogP contribution in [0.25, 0.3) is 11.3 Å². The number of hydrogen-bond acceptors (Lipinski definition) is 2. The van der Waals surface area contributed by atoms with Crippen molar-refractivity contribution in [2.75, 3.05) is 6.61 Å². The molecule has 0 atom stereocenters. The van der Waals surface area contributed by atoms with Gasteiger partial charge >= 0.3 is 0 Å². The number of benzene rings is 2. The van der Waals surface area contributed by atoms with E-state index in [1.807, 2.05) is 6.20 Å². The number of hydrogen-bond donors (Lipinski definition) is 0. The Hall–Kier alpha value is -2.61. The van der Waals surface area contributed by atoms with Crippen molar-refractivity contribution in [1.82, 2.24) is 4.98 Å². The van der Waals surface area contributed by atoms with Crippen LogP contribution in [0.3, 0.4) is 0 Å². The van der Waals surface area contributed by atoms with Gasteiger partial charge in [0.2, 0.25) is 0 Å². The van der Waals surface area contributed by atoms with Crippen LogP contribution in [0.1, 0.15) is 81.9 Å². The number of aromatic nitrogens is 1. The third-order valence-corrected chi connectivity index (χ3v) is 6.29. The fraction of sp³-hybridized carbons (Fsp3) is 0.452. The smallest absolute Gasteiger partial charge is 0.119 e. The van der Waals surface area contributed by atoms with E-state index in [0.717, 1.165) is 43.7 Å². The second-order valence-corrected chi connectivity index (χ2v) is 9.11. The average molecular weight is 444 g/mol. The third-order valence-electron chi connectivity index (χ3n) is 6.29. The van der Waals surface area contributed by atoms with Crippen molar-refractivity contribution in [3.63, 3.8) is 0 Å². The summed E-state index contributed by atoms with van der Waals surface area (Å²) in [5, 5.41) is 0. The van der Waals surface area contributed by atoms with Crippen molar-refractivity contribution in [3.8, 4) is 17.0 Å². The number of rotatable bonds is 15. The van der Waals surface area contributed by atoms with Gasteiger partial charge in [0.1, 0.15) is 5.75 Å². The minimum absolute atomic E-state index is 0.822. The molecule has 0 spiro atoms. The summed E-state index contributed by atoms with van der Waals surface area (Å²) in [5.41, 5.74) is 6.32. The maximum atomic E-state index is 5.86. The molecule has 0 aliphatic heterocycles. The Balaban J connectivity index is 1.43. The SMILES string of the molecule is CCCCCCOc1ccc(CCc2ccc(-c3ccc(CCCCCC)cn3)cc2)cc1. The molecule has 176 valence electrons. The van der Waals surface area contributed by atoms with E-state index >= 15 is 0 Å². The predicted octanol–water partition coefficient (Wildman–Crippen LogP) is 8.62. The third kappa shape index (κ3) is 9.04. The maximum Gasteiger partial charge on any atom is 0.119 e. The van der Waals surface area contributed by atoms with Gasteiger partial charge in [0.25, 0.3) is 0 Å². The first-order valence-electron chi connectivity index (χ1n) is 13.0. The maximum absolute atomic E-state index is 5.86. The van der Waals surface area contributed by atoms with Gasteiger partial charge in [0, 0.05) is 11.8 Å². The topological polar surface area (TPSA) is 22.1 Å². The molecule has 0 unspecified atom stereocenters. The van der Waals surface area contributed by atoms with Crippen molar-refractivity contribution in [2.24, 2.45) is 0 Å². The number of nitrogens with zero attached hydrogens (tertiary/aromatic N) is 1. The van der Waals surface area contributed by atoms with Gasteiger partial charge in [-0.05, 0) is 67.0 Å². The molecule has 1 aromatic heterocycles. The monoisotopic (exact) mass is 443 g/mol. The van der Waals surface area contributed by atoms with Crippen LogP contribution >= 0.6 is 0 Å². The summed E-state index contributed by atoms with van der Waals surface area (Å²) < 4.78 is 5.86. The molecule has 0 aliphatic rings. The van der Waals surface area contributed by atoms with E-state index in [2.05, 4.69) is 74.5 Å². The van der Waals surface area contributed by atoms with Gasteiger partial charge < -0.3 is 4.74 Å². The minimum atomic E-state index is 0.822. The summed E-state index contributed by atoms with van der Waals surface area (Å²) in [6.07, 6.45) is 15.4. The van der Waals surface area contributed by atoms with Crippen LogP contribution in [0, 0.1) is 0 Å². The van der Waals surface area contributed by atoms with Gasteiger partial charge in [0.05, 0.1) is 12.3 Å². The molecule has 1 heterocycles. The molecule has 0 fully saturated rings. The highest BCUT2D eigenvalue weighted by molar-refractivity contribution is 5.59. The predicted molar refractivity (Wildman–Crippen MR) is 141 cm³/mol. The summed E-state index contributed by atoms with van der Waals surface area (Å²) in [6.45, 7) is 5.31. The van der Waals surface area contributed by atoms with Gasteiger partial charge in [-0.1, -0.05) is 94.8 Å². The van der Waals surface area contributed by atoms with Crippen LogP contribution in [-0.4, -0.2) is 11.6 Å². The summed E-state index contributed by atoms with van der Waals surface area (Å²) in [5.74, 6) is 0.985. The van der Waals surface area contributed by atoms with Gasteiger partial charge in [-0.25, -0.2) is 0 Å². The second-order valence-electron chi connectivity index (χ2n) is 9.11. The van der Waals surface area contributed by atoms with Crippen molar-refractivity contribution < 1.29 is 4.74 Å². The molecule has 0 aliphatic carbocycles. The molecule has 33 heavy (non-hydrogen) atoms. The summed E-state index contributed by atoms with van der Waals surface area (Å²) in [4.78, 5) is 4.70. The van der Waals surface area contributed by atoms with Crippen LogP contribution < -0.4 is 4.74 Å². The molecular weight excluding hydrogens is 402 g/mol. The molecule has 0 bridgehead atoms. The first-order chi connectivity index (χ1) is 16.3. The lowest BCUT2D eigenvalue weighted by Gasteiger charge is -2.08. The number of unbranched alkanes of at least 4 members (excludes halogenated alkanes) is 6. The quantitative estimate of drug-likeness (QED) is 0.219. The van der Waals surface area contributed by atoms with Crippen LogP contribution in [0.4, 0.5) is 0 Å². The lowest BCUT2D eigenvalue weighted by molar-refractivity contribution is 0.305. The zero-order valence-corrected chi connectivity index (χ0v) is 20.7. The molecule has 2 aromatic carbocycles. The summed E-state index contributed by atoms with van der Waals surface area (Å²) >= 11 is 0. The fourth-order valence-electron chi connectivity index (χ4n) is 4.10. The molecule has 3 aromatic rings. The highest BCUT2D eigenvalue weighted by atomic mass is 16.5. The van der Waals surface area contributed by atoms with Gasteiger partial charge in [-0.15, -0.1) is 0 Å². The standard InChI is InChI=1S/C31H41NO/c1-3-5-7-9-11-28-18-23-31(32-25-28)29-19-14-26(15-20-29)12-13-27-16-21-30(22-17-27)33-24-10-8-6-4-2/h14-23,25H,3-13,24H2,1-2H3. The van der Waals surface area contributed by atoms with E-state index < -0.39 is 0 Å². The molecule has 0 saturated heterocycles. The molecule has 0 saturated carbocycles. The van der Waals surface area contributed by atoms with Crippen molar-refractivity contribution in [2.45, 2.75) is 84.5 Å². The first-order valence-corrected chi connectivity index (χ1v) is 13.0. The lowest BCUT2D eigenvalue weighted by atomic mass is 10.0. The van der Waals surface area contributed by atoms with Gasteiger partial charge in [0.15, 0.2) is 0 Å². The number of pyridine rings is 1. The zero-order valence-electron chi connectivity index (χ0n) is 20.7. The summed E-state index contributed by atoms with van der Waals surface area (Å²) in [7, 11) is 0. The number of ether oxygens (including phenoxy) is 1. The zero-order chi connectivity index (χ0) is 23.1. The van der Waals surface area contributed by atoms with Crippen LogP contribution in [0.5, 0.6) is 5.75 Å². The molecule has 2 nitrogen and oxygen atoms in total. The molecule has 0 N–H and O–H groups in total. The van der Waals surface area contributed by atoms with E-state index in [0.29, 0.717) is 0 Å². The Kier molecular flexibility index (Phi) is 11.0. The van der Waals surface area contributed by atoms with Crippen LogP contribution in [0.15, 0.2) is 66.9 Å². The number of aryl methyl sites for hydroxylation is 3. The molecule has 0 amide bonds. The van der Waals surface area contributed by atoms with Gasteiger partial charge in [-0.3, -0.25) is 4.98 Å². The Morgan fingerprint density at radius 1 is 0.576 bits per heavy atom. The lowest BCUT2D eigenvalue weighted by Crippen LogP contribution is -1.97. The van der Waals surface area contributed by atoms with E-state index in [9.17, 15) is 0 Å². The molecule has 2 heteroatoms. The van der Waals surface area contributed by atoms with E-state index in [1.165, 1.54) is 67.2 Å². The summed E-state index contributed by atoms with van der Waals surface area (Å²) in [6, 6.07) is 21.9. The Morgan fingerprint density at radius 3 is 1.79 bits per heavy atom. The van der Waals surface area contributed by atoms with E-state index in [1.54, 1.807) is 0 Å². The van der Waals surface area contributed by atoms with Crippen LogP contribution in [-0.2, 0) is 19.3 Å². The Morgan fingerprint density at radius 2 is 1.18 bits per heavy atom. The molecule has 3 rings (SSSR count). The van der Waals surface area contributed by atoms with E-state index in [-0.39, 0.29) is 0 Å². The van der Waals surface area contributed by atoms with E-state index in [4.69, 9.17) is 9.72 Å². The second kappa shape index (κ2) is 14.5.